The maximum Gasteiger partial charge on any atom is 0.336 e. The Morgan fingerprint density at radius 2 is 1.91 bits per heavy atom. The summed E-state index contributed by atoms with van der Waals surface area (Å²) in [5, 5.41) is 2.40. The van der Waals surface area contributed by atoms with E-state index in [-0.39, 0.29) is 12.2 Å². The van der Waals surface area contributed by atoms with Crippen molar-refractivity contribution in [2.45, 2.75) is 37.9 Å². The number of rotatable bonds is 4. The second kappa shape index (κ2) is 6.25. The van der Waals surface area contributed by atoms with Crippen LogP contribution in [0.1, 0.15) is 26.3 Å². The molecule has 8 heteroatoms. The van der Waals surface area contributed by atoms with Gasteiger partial charge in [-0.1, -0.05) is 6.07 Å². The molecule has 0 bridgehead atoms. The van der Waals surface area contributed by atoms with E-state index in [4.69, 9.17) is 5.73 Å². The quantitative estimate of drug-likeness (QED) is 0.408. The highest BCUT2D eigenvalue weighted by molar-refractivity contribution is 6.00. The van der Waals surface area contributed by atoms with Crippen LogP contribution in [-0.2, 0) is 23.9 Å². The van der Waals surface area contributed by atoms with Crippen molar-refractivity contribution in [2.75, 3.05) is 0 Å². The fourth-order valence-corrected chi connectivity index (χ4v) is 2.79. The summed E-state index contributed by atoms with van der Waals surface area (Å²) in [4.78, 5) is 47.1. The number of hydrogen-bond acceptors (Lipinski definition) is 6. The summed E-state index contributed by atoms with van der Waals surface area (Å²) in [6.45, 7) is 2.41. The van der Waals surface area contributed by atoms with E-state index >= 15 is 0 Å². The van der Waals surface area contributed by atoms with E-state index in [2.05, 4.69) is 10.1 Å². The molecule has 1 saturated heterocycles. The first kappa shape index (κ1) is 16.8. The highest BCUT2D eigenvalue weighted by Crippen LogP contribution is 2.28. The van der Waals surface area contributed by atoms with Crippen LogP contribution in [0.25, 0.3) is 0 Å². The van der Waals surface area contributed by atoms with Crippen LogP contribution in [0.2, 0.25) is 0 Å². The maximum atomic E-state index is 12.3. The van der Waals surface area contributed by atoms with Gasteiger partial charge in [0.2, 0.25) is 11.9 Å². The van der Waals surface area contributed by atoms with Crippen molar-refractivity contribution in [1.29, 1.82) is 0 Å². The van der Waals surface area contributed by atoms with Gasteiger partial charge in [0.15, 0.2) is 23.7 Å². The van der Waals surface area contributed by atoms with E-state index in [0.29, 0.717) is 0 Å². The first-order chi connectivity index (χ1) is 10.8. The number of pyridine rings is 1. The summed E-state index contributed by atoms with van der Waals surface area (Å²) in [6.07, 6.45) is 3.09. The Balaban J connectivity index is 2.32. The third-order valence-corrected chi connectivity index (χ3v) is 3.71. The molecule has 0 aliphatic carbocycles. The van der Waals surface area contributed by atoms with E-state index in [1.165, 1.54) is 11.5 Å². The average molecular weight is 320 g/mol. The standard InChI is InChI=1S/C15H17N3O5/c1-9(19)12(18-6-4-3-5-7-18)15(16)8-11(17-14(15)22)13(21)23-10(2)20/h3-7,11-12H,8,16H2,1-2H3/p+1. The van der Waals surface area contributed by atoms with Crippen LogP contribution in [0.4, 0.5) is 0 Å². The van der Waals surface area contributed by atoms with Gasteiger partial charge in [0.25, 0.3) is 0 Å². The van der Waals surface area contributed by atoms with Gasteiger partial charge in [0.1, 0.15) is 6.04 Å². The van der Waals surface area contributed by atoms with Crippen LogP contribution in [0.5, 0.6) is 0 Å². The minimum absolute atomic E-state index is 0.149. The number of hydrogen-bond donors (Lipinski definition) is 2. The second-order valence-electron chi connectivity index (χ2n) is 5.52. The number of carbonyl (C=O) groups is 4. The fourth-order valence-electron chi connectivity index (χ4n) is 2.79. The van der Waals surface area contributed by atoms with Crippen molar-refractivity contribution >= 4 is 23.6 Å². The highest BCUT2D eigenvalue weighted by Gasteiger charge is 2.58. The minimum Gasteiger partial charge on any atom is -0.392 e. The van der Waals surface area contributed by atoms with Gasteiger partial charge in [-0.3, -0.25) is 14.4 Å². The summed E-state index contributed by atoms with van der Waals surface area (Å²) in [5.41, 5.74) is 4.58. The number of ether oxygens (including phenoxy) is 1. The number of esters is 2. The number of aromatic nitrogens is 1. The summed E-state index contributed by atoms with van der Waals surface area (Å²) in [6, 6.07) is 3.13. The number of Topliss-reactive ketones (excluding diaryl/α,β-unsaturated/α-hetero) is 1. The molecule has 2 heterocycles. The number of nitrogens with two attached hydrogens (primary N) is 1. The SMILES string of the molecule is CC(=O)OC(=O)C1CC(N)(C(C(C)=O)[n+]2ccccc2)C(=O)N1. The Kier molecular flexibility index (Phi) is 4.55. The van der Waals surface area contributed by atoms with Crippen molar-refractivity contribution < 1.29 is 28.5 Å². The predicted octanol–water partition coefficient (Wildman–Crippen LogP) is -1.22. The van der Waals surface area contributed by atoms with Gasteiger partial charge in [-0.2, -0.15) is 4.57 Å². The number of carbonyl (C=O) groups excluding carboxylic acids is 4. The van der Waals surface area contributed by atoms with Gasteiger partial charge >= 0.3 is 11.9 Å². The van der Waals surface area contributed by atoms with Crippen LogP contribution in [-0.4, -0.2) is 35.2 Å². The Morgan fingerprint density at radius 1 is 1.30 bits per heavy atom. The number of nitrogens with one attached hydrogen (secondary N) is 1. The van der Waals surface area contributed by atoms with Gasteiger partial charge in [-0.25, -0.2) is 4.79 Å². The van der Waals surface area contributed by atoms with E-state index in [0.717, 1.165) is 6.92 Å². The predicted molar refractivity (Wildman–Crippen MR) is 76.6 cm³/mol. The molecule has 1 aromatic rings. The zero-order valence-corrected chi connectivity index (χ0v) is 12.8. The van der Waals surface area contributed by atoms with Crippen molar-refractivity contribution in [1.82, 2.24) is 5.32 Å². The molecule has 122 valence electrons. The molecule has 0 saturated carbocycles. The van der Waals surface area contributed by atoms with Crippen LogP contribution in [0, 0.1) is 0 Å². The monoisotopic (exact) mass is 320 g/mol. The van der Waals surface area contributed by atoms with Crippen LogP contribution in [0.3, 0.4) is 0 Å². The van der Waals surface area contributed by atoms with E-state index in [9.17, 15) is 19.2 Å². The zero-order valence-electron chi connectivity index (χ0n) is 12.8. The second-order valence-corrected chi connectivity index (χ2v) is 5.52. The molecule has 8 nitrogen and oxygen atoms in total. The molecule has 1 aliphatic heterocycles. The largest absolute Gasteiger partial charge is 0.392 e. The first-order valence-electron chi connectivity index (χ1n) is 7.04. The topological polar surface area (TPSA) is 119 Å². The lowest BCUT2D eigenvalue weighted by atomic mass is 9.85. The Bertz CT molecular complexity index is 660. The average Bonchev–Trinajstić information content (AvgIpc) is 2.75. The molecule has 1 fully saturated rings. The molecule has 0 aromatic carbocycles. The van der Waals surface area contributed by atoms with Gasteiger partial charge in [0.05, 0.1) is 0 Å². The van der Waals surface area contributed by atoms with Gasteiger partial charge in [-0.15, -0.1) is 0 Å². The van der Waals surface area contributed by atoms with Crippen LogP contribution in [0.15, 0.2) is 30.6 Å². The van der Waals surface area contributed by atoms with Gasteiger partial charge < -0.3 is 15.8 Å². The molecule has 23 heavy (non-hydrogen) atoms. The molecule has 1 aliphatic rings. The molecule has 1 aromatic heterocycles. The Morgan fingerprint density at radius 3 is 2.43 bits per heavy atom. The molecular weight excluding hydrogens is 302 g/mol. The van der Waals surface area contributed by atoms with E-state index in [1.54, 1.807) is 30.6 Å². The number of nitrogens with zero attached hydrogens (tertiary/aromatic N) is 1. The summed E-state index contributed by atoms with van der Waals surface area (Å²) in [5.74, 6) is -2.63. The molecule has 2 rings (SSSR count). The normalized spacial score (nSPS) is 24.7. The highest BCUT2D eigenvalue weighted by atomic mass is 16.6. The lowest BCUT2D eigenvalue weighted by Crippen LogP contribution is -2.64. The molecule has 1 amide bonds. The molecule has 0 radical (unpaired) electrons. The van der Waals surface area contributed by atoms with Crippen molar-refractivity contribution in [3.8, 4) is 0 Å². The summed E-state index contributed by atoms with van der Waals surface area (Å²) < 4.78 is 6.01. The Labute approximate surface area is 132 Å². The van der Waals surface area contributed by atoms with E-state index < -0.39 is 35.5 Å². The zero-order chi connectivity index (χ0) is 17.2. The molecule has 3 unspecified atom stereocenters. The van der Waals surface area contributed by atoms with Crippen molar-refractivity contribution in [3.63, 3.8) is 0 Å². The van der Waals surface area contributed by atoms with Crippen LogP contribution < -0.4 is 15.6 Å². The minimum atomic E-state index is -1.61. The van der Waals surface area contributed by atoms with Crippen molar-refractivity contribution in [3.05, 3.63) is 30.6 Å². The molecular formula is C15H18N3O5+. The lowest BCUT2D eigenvalue weighted by Gasteiger charge is -2.24. The van der Waals surface area contributed by atoms with Gasteiger partial charge in [0, 0.05) is 32.4 Å². The lowest BCUT2D eigenvalue weighted by molar-refractivity contribution is -0.714. The molecule has 0 spiro atoms. The number of ketones is 1. The third kappa shape index (κ3) is 3.26. The van der Waals surface area contributed by atoms with E-state index in [1.807, 2.05) is 0 Å². The Hall–Kier alpha value is -2.61. The summed E-state index contributed by atoms with van der Waals surface area (Å²) in [7, 11) is 0. The molecule has 3 N–H and O–H groups in total. The molecule has 3 atom stereocenters. The van der Waals surface area contributed by atoms with Gasteiger partial charge in [-0.05, 0) is 0 Å². The third-order valence-electron chi connectivity index (χ3n) is 3.71. The fraction of sp³-hybridized carbons (Fsp3) is 0.400. The maximum absolute atomic E-state index is 12.3. The smallest absolute Gasteiger partial charge is 0.336 e. The number of amides is 1. The van der Waals surface area contributed by atoms with Crippen molar-refractivity contribution in [2.24, 2.45) is 5.73 Å². The summed E-state index contributed by atoms with van der Waals surface area (Å²) >= 11 is 0. The van der Waals surface area contributed by atoms with Crippen LogP contribution >= 0.6 is 0 Å². The first-order valence-corrected chi connectivity index (χ1v) is 7.04.